The van der Waals surface area contributed by atoms with Crippen molar-refractivity contribution in [2.45, 2.75) is 0 Å². The van der Waals surface area contributed by atoms with Gasteiger partial charge in [0.25, 0.3) is 0 Å². The van der Waals surface area contributed by atoms with Gasteiger partial charge in [0.15, 0.2) is 6.26 Å². The third kappa shape index (κ3) is 15.2. The van der Waals surface area contributed by atoms with E-state index in [0.29, 0.717) is 13.2 Å². The van der Waals surface area contributed by atoms with E-state index in [1.54, 1.807) is 7.11 Å². The molecule has 0 bridgehead atoms. The lowest BCUT2D eigenvalue weighted by atomic mass is 10.7. The van der Waals surface area contributed by atoms with Gasteiger partial charge in [0.1, 0.15) is 12.9 Å². The van der Waals surface area contributed by atoms with Gasteiger partial charge in [-0.05, 0) is 0 Å². The standard InChI is InChI=1S/C8H12O5.C2H4/c1-3-8(9)11-5-7-13-12-6-4-10-2;1-2/h3,5,7H,1,4,6H2,2H3;1-2H2/b7-5-;. The number of hydrogen-bond acceptors (Lipinski definition) is 5. The lowest BCUT2D eigenvalue weighted by Gasteiger charge is -1.98. The van der Waals surface area contributed by atoms with E-state index >= 15 is 0 Å². The maximum absolute atomic E-state index is 10.4. The minimum Gasteiger partial charge on any atom is -0.428 e. The SMILES string of the molecule is C=C.C=CC(=O)O/C=C\OOCCOC. The van der Waals surface area contributed by atoms with E-state index in [9.17, 15) is 4.79 Å². The third-order valence-electron chi connectivity index (χ3n) is 0.901. The molecule has 0 aliphatic rings. The van der Waals surface area contributed by atoms with E-state index in [1.165, 1.54) is 0 Å². The number of rotatable bonds is 7. The second-order valence-electron chi connectivity index (χ2n) is 1.82. The fourth-order valence-electron chi connectivity index (χ4n) is 0.370. The van der Waals surface area contributed by atoms with Crippen LogP contribution < -0.4 is 0 Å². The van der Waals surface area contributed by atoms with Crippen molar-refractivity contribution in [3.63, 3.8) is 0 Å². The van der Waals surface area contributed by atoms with Crippen LogP contribution in [0.15, 0.2) is 38.3 Å². The first-order valence-electron chi connectivity index (χ1n) is 4.06. The first-order chi connectivity index (χ1) is 7.31. The van der Waals surface area contributed by atoms with Crippen molar-refractivity contribution in [2.24, 2.45) is 0 Å². The first-order valence-corrected chi connectivity index (χ1v) is 4.06. The molecule has 0 saturated carbocycles. The van der Waals surface area contributed by atoms with E-state index < -0.39 is 5.97 Å². The van der Waals surface area contributed by atoms with Gasteiger partial charge in [0, 0.05) is 13.2 Å². The zero-order valence-corrected chi connectivity index (χ0v) is 8.81. The summed E-state index contributed by atoms with van der Waals surface area (Å²) in [7, 11) is 1.55. The molecule has 0 aromatic carbocycles. The predicted octanol–water partition coefficient (Wildman–Crippen LogP) is 1.58. The predicted molar refractivity (Wildman–Crippen MR) is 55.6 cm³/mol. The Bertz CT molecular complexity index is 188. The van der Waals surface area contributed by atoms with Gasteiger partial charge in [-0.2, -0.15) is 4.89 Å². The minimum absolute atomic E-state index is 0.302. The van der Waals surface area contributed by atoms with Crippen LogP contribution in [0.5, 0.6) is 0 Å². The quantitative estimate of drug-likeness (QED) is 0.123. The van der Waals surface area contributed by atoms with Crippen LogP contribution in [0.25, 0.3) is 0 Å². The first kappa shape index (κ1) is 15.9. The fourth-order valence-corrected chi connectivity index (χ4v) is 0.370. The molecular formula is C10H16O5. The second-order valence-corrected chi connectivity index (χ2v) is 1.82. The zero-order chi connectivity index (χ0) is 11.9. The van der Waals surface area contributed by atoms with Crippen LogP contribution in [-0.4, -0.2) is 26.3 Å². The minimum atomic E-state index is -0.559. The molecule has 0 aliphatic heterocycles. The van der Waals surface area contributed by atoms with Crippen molar-refractivity contribution in [2.75, 3.05) is 20.3 Å². The van der Waals surface area contributed by atoms with Crippen molar-refractivity contribution in [1.29, 1.82) is 0 Å². The molecule has 0 aromatic heterocycles. The molecule has 0 amide bonds. The van der Waals surface area contributed by atoms with Gasteiger partial charge in [-0.25, -0.2) is 4.79 Å². The Hall–Kier alpha value is -1.59. The molecular weight excluding hydrogens is 200 g/mol. The molecule has 0 aromatic rings. The van der Waals surface area contributed by atoms with Gasteiger partial charge in [-0.1, -0.05) is 6.58 Å². The lowest BCUT2D eigenvalue weighted by Crippen LogP contribution is -2.00. The van der Waals surface area contributed by atoms with E-state index in [2.05, 4.69) is 39.0 Å². The molecule has 0 atom stereocenters. The number of carbonyl (C=O) groups excluding carboxylic acids is 1. The van der Waals surface area contributed by atoms with E-state index in [0.717, 1.165) is 18.6 Å². The topological polar surface area (TPSA) is 54.0 Å². The molecule has 0 aliphatic carbocycles. The molecule has 15 heavy (non-hydrogen) atoms. The molecule has 5 nitrogen and oxygen atoms in total. The van der Waals surface area contributed by atoms with Crippen molar-refractivity contribution in [3.8, 4) is 0 Å². The van der Waals surface area contributed by atoms with E-state index in [-0.39, 0.29) is 0 Å². The molecule has 0 radical (unpaired) electrons. The molecule has 5 heteroatoms. The number of esters is 1. The number of hydrogen-bond donors (Lipinski definition) is 0. The van der Waals surface area contributed by atoms with Crippen LogP contribution in [0.2, 0.25) is 0 Å². The fraction of sp³-hybridized carbons (Fsp3) is 0.300. The van der Waals surface area contributed by atoms with Crippen molar-refractivity contribution in [3.05, 3.63) is 38.3 Å². The summed E-state index contributed by atoms with van der Waals surface area (Å²) in [4.78, 5) is 19.5. The van der Waals surface area contributed by atoms with Crippen LogP contribution in [0.4, 0.5) is 0 Å². The summed E-state index contributed by atoms with van der Waals surface area (Å²) in [6.07, 6.45) is 3.18. The summed E-state index contributed by atoms with van der Waals surface area (Å²) >= 11 is 0. The van der Waals surface area contributed by atoms with E-state index in [4.69, 9.17) is 0 Å². The Morgan fingerprint density at radius 2 is 1.93 bits per heavy atom. The highest BCUT2D eigenvalue weighted by Gasteiger charge is 1.88. The molecule has 0 spiro atoms. The largest absolute Gasteiger partial charge is 0.428 e. The van der Waals surface area contributed by atoms with Crippen LogP contribution in [0.1, 0.15) is 0 Å². The molecule has 0 unspecified atom stereocenters. The number of ether oxygens (including phenoxy) is 2. The number of methoxy groups -OCH3 is 1. The summed E-state index contributed by atoms with van der Waals surface area (Å²) in [6.45, 7) is 9.94. The highest BCUT2D eigenvalue weighted by Crippen LogP contribution is 1.85. The average molecular weight is 216 g/mol. The van der Waals surface area contributed by atoms with Crippen molar-refractivity contribution < 1.29 is 24.0 Å². The molecule has 0 N–H and O–H groups in total. The Morgan fingerprint density at radius 1 is 1.27 bits per heavy atom. The van der Waals surface area contributed by atoms with Crippen LogP contribution in [0, 0.1) is 0 Å². The van der Waals surface area contributed by atoms with Crippen LogP contribution in [0.3, 0.4) is 0 Å². The average Bonchev–Trinajstić information content (AvgIpc) is 2.30. The van der Waals surface area contributed by atoms with Gasteiger partial charge in [-0.3, -0.25) is 0 Å². The van der Waals surface area contributed by atoms with Gasteiger partial charge < -0.3 is 14.4 Å². The van der Waals surface area contributed by atoms with Crippen LogP contribution >= 0.6 is 0 Å². The second kappa shape index (κ2) is 14.9. The van der Waals surface area contributed by atoms with Crippen molar-refractivity contribution >= 4 is 5.97 Å². The molecule has 0 heterocycles. The monoisotopic (exact) mass is 216 g/mol. The summed E-state index contributed by atoms with van der Waals surface area (Å²) in [5, 5.41) is 0. The smallest absolute Gasteiger partial charge is 0.335 e. The maximum Gasteiger partial charge on any atom is 0.335 e. The summed E-state index contributed by atoms with van der Waals surface area (Å²) in [6, 6.07) is 0. The Kier molecular flexibility index (Phi) is 15.8. The van der Waals surface area contributed by atoms with E-state index in [1.807, 2.05) is 0 Å². The van der Waals surface area contributed by atoms with Gasteiger partial charge in [-0.15, -0.1) is 13.2 Å². The summed E-state index contributed by atoms with van der Waals surface area (Å²) in [5.74, 6) is -0.559. The summed E-state index contributed by atoms with van der Waals surface area (Å²) < 4.78 is 9.10. The zero-order valence-electron chi connectivity index (χ0n) is 8.81. The molecule has 86 valence electrons. The van der Waals surface area contributed by atoms with Gasteiger partial charge in [0.2, 0.25) is 0 Å². The van der Waals surface area contributed by atoms with Crippen LogP contribution in [-0.2, 0) is 24.0 Å². The summed E-state index contributed by atoms with van der Waals surface area (Å²) in [5.41, 5.74) is 0. The highest BCUT2D eigenvalue weighted by molar-refractivity contribution is 5.81. The number of carbonyl (C=O) groups is 1. The molecule has 0 rings (SSSR count). The van der Waals surface area contributed by atoms with Gasteiger partial charge >= 0.3 is 5.97 Å². The Labute approximate surface area is 89.5 Å². The third-order valence-corrected chi connectivity index (χ3v) is 0.901. The Morgan fingerprint density at radius 3 is 2.47 bits per heavy atom. The van der Waals surface area contributed by atoms with Crippen molar-refractivity contribution in [1.82, 2.24) is 0 Å². The highest BCUT2D eigenvalue weighted by atomic mass is 17.2. The maximum atomic E-state index is 10.4. The molecule has 0 fully saturated rings. The lowest BCUT2D eigenvalue weighted by molar-refractivity contribution is -0.255. The molecule has 0 saturated heterocycles. The van der Waals surface area contributed by atoms with Gasteiger partial charge in [0.05, 0.1) is 6.61 Å². The normalized spacial score (nSPS) is 8.87. The Balaban J connectivity index is 0.